The number of ether oxygens (including phenoxy) is 2. The molecular formula is C22H25N3O4. The van der Waals surface area contributed by atoms with Crippen molar-refractivity contribution in [3.8, 4) is 5.75 Å². The Morgan fingerprint density at radius 3 is 2.31 bits per heavy atom. The quantitative estimate of drug-likeness (QED) is 0.759. The molecule has 1 N–H and O–H groups in total. The molecule has 2 aliphatic rings. The Morgan fingerprint density at radius 2 is 1.66 bits per heavy atom. The molecule has 0 aliphatic carbocycles. The standard InChI is InChI=1S/C22H25N3O4/c1-2-29-19-9-7-18(8-10-19)25-21(26)15-20(22(25)27)23-16-3-5-17(6-4-16)24-11-13-28-14-12-24/h3-10,20,23H,2,11-15H2,1H3/t20-/m1/s1. The van der Waals surface area contributed by atoms with E-state index in [1.165, 1.54) is 4.90 Å². The number of morpholine rings is 1. The lowest BCUT2D eigenvalue weighted by atomic mass is 10.2. The summed E-state index contributed by atoms with van der Waals surface area (Å²) >= 11 is 0. The molecule has 0 spiro atoms. The van der Waals surface area contributed by atoms with E-state index in [-0.39, 0.29) is 18.2 Å². The van der Waals surface area contributed by atoms with Crippen LogP contribution >= 0.6 is 0 Å². The molecule has 2 aliphatic heterocycles. The molecule has 0 radical (unpaired) electrons. The van der Waals surface area contributed by atoms with E-state index in [0.717, 1.165) is 37.7 Å². The minimum atomic E-state index is -0.566. The fraction of sp³-hybridized carbons (Fsp3) is 0.364. The van der Waals surface area contributed by atoms with Gasteiger partial charge in [-0.2, -0.15) is 0 Å². The number of anilines is 3. The van der Waals surface area contributed by atoms with Crippen LogP contribution in [-0.2, 0) is 14.3 Å². The highest BCUT2D eigenvalue weighted by Crippen LogP contribution is 2.27. The van der Waals surface area contributed by atoms with Gasteiger partial charge in [0, 0.05) is 24.5 Å². The lowest BCUT2D eigenvalue weighted by molar-refractivity contribution is -0.121. The van der Waals surface area contributed by atoms with E-state index in [0.29, 0.717) is 18.0 Å². The van der Waals surface area contributed by atoms with E-state index in [1.807, 2.05) is 31.2 Å². The van der Waals surface area contributed by atoms with Gasteiger partial charge >= 0.3 is 0 Å². The van der Waals surface area contributed by atoms with Crippen LogP contribution in [0, 0.1) is 0 Å². The molecule has 0 saturated carbocycles. The smallest absolute Gasteiger partial charge is 0.256 e. The molecule has 1 atom stereocenters. The first-order valence-corrected chi connectivity index (χ1v) is 9.94. The van der Waals surface area contributed by atoms with Crippen LogP contribution in [0.4, 0.5) is 17.1 Å². The second-order valence-corrected chi connectivity index (χ2v) is 7.04. The van der Waals surface area contributed by atoms with Gasteiger partial charge in [0.05, 0.1) is 31.9 Å². The monoisotopic (exact) mass is 395 g/mol. The van der Waals surface area contributed by atoms with Gasteiger partial charge in [0.15, 0.2) is 0 Å². The predicted molar refractivity (Wildman–Crippen MR) is 112 cm³/mol. The van der Waals surface area contributed by atoms with Crippen LogP contribution < -0.4 is 19.9 Å². The summed E-state index contributed by atoms with van der Waals surface area (Å²) in [5.41, 5.74) is 2.51. The number of carbonyl (C=O) groups is 2. The summed E-state index contributed by atoms with van der Waals surface area (Å²) < 4.78 is 10.8. The molecule has 0 bridgehead atoms. The zero-order valence-electron chi connectivity index (χ0n) is 16.5. The molecule has 2 aromatic carbocycles. The van der Waals surface area contributed by atoms with E-state index in [9.17, 15) is 9.59 Å². The Labute approximate surface area is 170 Å². The van der Waals surface area contributed by atoms with Crippen LogP contribution in [0.15, 0.2) is 48.5 Å². The summed E-state index contributed by atoms with van der Waals surface area (Å²) in [5, 5.41) is 3.20. The average molecular weight is 395 g/mol. The summed E-state index contributed by atoms with van der Waals surface area (Å²) in [6.45, 7) is 5.70. The maximum atomic E-state index is 12.8. The van der Waals surface area contributed by atoms with Crippen molar-refractivity contribution in [1.82, 2.24) is 0 Å². The zero-order valence-corrected chi connectivity index (χ0v) is 16.5. The molecule has 29 heavy (non-hydrogen) atoms. The Kier molecular flexibility index (Phi) is 5.67. The van der Waals surface area contributed by atoms with Crippen molar-refractivity contribution in [2.45, 2.75) is 19.4 Å². The number of nitrogens with one attached hydrogen (secondary N) is 1. The van der Waals surface area contributed by atoms with E-state index in [2.05, 4.69) is 10.2 Å². The summed E-state index contributed by atoms with van der Waals surface area (Å²) in [4.78, 5) is 28.8. The van der Waals surface area contributed by atoms with Crippen molar-refractivity contribution in [2.24, 2.45) is 0 Å². The van der Waals surface area contributed by atoms with Crippen LogP contribution in [0.2, 0.25) is 0 Å². The van der Waals surface area contributed by atoms with Crippen LogP contribution in [0.1, 0.15) is 13.3 Å². The SMILES string of the molecule is CCOc1ccc(N2C(=O)C[C@@H](Nc3ccc(N4CCOCC4)cc3)C2=O)cc1. The first-order chi connectivity index (χ1) is 14.2. The van der Waals surface area contributed by atoms with Crippen molar-refractivity contribution in [3.63, 3.8) is 0 Å². The van der Waals surface area contributed by atoms with Gasteiger partial charge < -0.3 is 19.7 Å². The number of hydrogen-bond donors (Lipinski definition) is 1. The number of hydrogen-bond acceptors (Lipinski definition) is 6. The fourth-order valence-corrected chi connectivity index (χ4v) is 3.67. The van der Waals surface area contributed by atoms with Gasteiger partial charge in [-0.05, 0) is 55.5 Å². The average Bonchev–Trinajstić information content (AvgIpc) is 3.03. The number of amides is 2. The topological polar surface area (TPSA) is 71.1 Å². The third kappa shape index (κ3) is 4.19. The third-order valence-corrected chi connectivity index (χ3v) is 5.14. The summed E-state index contributed by atoms with van der Waals surface area (Å²) in [6, 6.07) is 14.4. The number of carbonyl (C=O) groups excluding carboxylic acids is 2. The summed E-state index contributed by atoms with van der Waals surface area (Å²) in [5.74, 6) is 0.267. The highest BCUT2D eigenvalue weighted by Gasteiger charge is 2.39. The number of rotatable bonds is 6. The minimum absolute atomic E-state index is 0.136. The largest absolute Gasteiger partial charge is 0.494 e. The van der Waals surface area contributed by atoms with Crippen LogP contribution in [0.3, 0.4) is 0 Å². The van der Waals surface area contributed by atoms with Gasteiger partial charge in [0.25, 0.3) is 5.91 Å². The number of imide groups is 1. The van der Waals surface area contributed by atoms with Crippen molar-refractivity contribution in [2.75, 3.05) is 48.0 Å². The third-order valence-electron chi connectivity index (χ3n) is 5.14. The van der Waals surface area contributed by atoms with Crippen LogP contribution in [0.5, 0.6) is 5.75 Å². The molecule has 152 valence electrons. The van der Waals surface area contributed by atoms with E-state index in [4.69, 9.17) is 9.47 Å². The molecule has 0 unspecified atom stereocenters. The van der Waals surface area contributed by atoms with Crippen molar-refractivity contribution in [1.29, 1.82) is 0 Å². The normalized spacial score (nSPS) is 19.6. The van der Waals surface area contributed by atoms with Crippen molar-refractivity contribution >= 4 is 28.9 Å². The second-order valence-electron chi connectivity index (χ2n) is 7.04. The Bertz CT molecular complexity index is 861. The first kappa shape index (κ1) is 19.3. The Hall–Kier alpha value is -3.06. The fourth-order valence-electron chi connectivity index (χ4n) is 3.67. The maximum Gasteiger partial charge on any atom is 0.256 e. The molecule has 2 amide bonds. The Morgan fingerprint density at radius 1 is 1.00 bits per heavy atom. The zero-order chi connectivity index (χ0) is 20.2. The second kappa shape index (κ2) is 8.53. The summed E-state index contributed by atoms with van der Waals surface area (Å²) in [7, 11) is 0. The van der Waals surface area contributed by atoms with Crippen molar-refractivity contribution in [3.05, 3.63) is 48.5 Å². The molecule has 2 heterocycles. The van der Waals surface area contributed by atoms with Gasteiger partial charge in [-0.1, -0.05) is 0 Å². The molecular weight excluding hydrogens is 370 g/mol. The lowest BCUT2D eigenvalue weighted by Gasteiger charge is -2.29. The molecule has 2 aromatic rings. The van der Waals surface area contributed by atoms with Crippen LogP contribution in [-0.4, -0.2) is 50.8 Å². The maximum absolute atomic E-state index is 12.8. The van der Waals surface area contributed by atoms with E-state index >= 15 is 0 Å². The summed E-state index contributed by atoms with van der Waals surface area (Å²) in [6.07, 6.45) is 0.136. The minimum Gasteiger partial charge on any atom is -0.494 e. The van der Waals surface area contributed by atoms with Crippen LogP contribution in [0.25, 0.3) is 0 Å². The molecule has 4 rings (SSSR count). The molecule has 0 aromatic heterocycles. The molecule has 2 saturated heterocycles. The van der Waals surface area contributed by atoms with Crippen molar-refractivity contribution < 1.29 is 19.1 Å². The number of nitrogens with zero attached hydrogens (tertiary/aromatic N) is 2. The van der Waals surface area contributed by atoms with Gasteiger partial charge in [-0.25, -0.2) is 4.90 Å². The van der Waals surface area contributed by atoms with Gasteiger partial charge in [-0.15, -0.1) is 0 Å². The number of benzene rings is 2. The lowest BCUT2D eigenvalue weighted by Crippen LogP contribution is -2.36. The molecule has 7 heteroatoms. The molecule has 2 fully saturated rings. The van der Waals surface area contributed by atoms with Gasteiger partial charge in [0.2, 0.25) is 5.91 Å². The highest BCUT2D eigenvalue weighted by molar-refractivity contribution is 6.23. The first-order valence-electron chi connectivity index (χ1n) is 9.94. The predicted octanol–water partition coefficient (Wildman–Crippen LogP) is 2.67. The van der Waals surface area contributed by atoms with Gasteiger partial charge in [-0.3, -0.25) is 9.59 Å². The van der Waals surface area contributed by atoms with E-state index < -0.39 is 6.04 Å². The Balaban J connectivity index is 1.42. The molecule has 7 nitrogen and oxygen atoms in total. The highest BCUT2D eigenvalue weighted by atomic mass is 16.5. The van der Waals surface area contributed by atoms with E-state index in [1.54, 1.807) is 24.3 Å². The van der Waals surface area contributed by atoms with Gasteiger partial charge in [0.1, 0.15) is 11.8 Å².